The van der Waals surface area contributed by atoms with Gasteiger partial charge in [0, 0.05) is 18.0 Å². The van der Waals surface area contributed by atoms with E-state index in [1.54, 1.807) is 12.4 Å². The van der Waals surface area contributed by atoms with Crippen molar-refractivity contribution in [1.82, 2.24) is 19.6 Å². The molecule has 0 radical (unpaired) electrons. The van der Waals surface area contributed by atoms with Crippen LogP contribution in [0.4, 0.5) is 0 Å². The zero-order valence-electron chi connectivity index (χ0n) is 7.91. The number of H-pyrrole nitrogens is 1. The first kappa shape index (κ1) is 9.10. The largest absolute Gasteiger partial charge is 0.476 e. The summed E-state index contributed by atoms with van der Waals surface area (Å²) in [6.07, 6.45) is 5.34. The van der Waals surface area contributed by atoms with Crippen molar-refractivity contribution in [3.8, 4) is 11.3 Å². The van der Waals surface area contributed by atoms with Gasteiger partial charge in [-0.3, -0.25) is 0 Å². The third-order valence-corrected chi connectivity index (χ3v) is 3.03. The van der Waals surface area contributed by atoms with Crippen LogP contribution < -0.4 is 0 Å². The molecule has 0 atom stereocenters. The molecule has 0 fully saturated rings. The molecule has 0 spiro atoms. The molecule has 2 N–H and O–H groups in total. The lowest BCUT2D eigenvalue weighted by Gasteiger charge is -1.86. The van der Waals surface area contributed by atoms with E-state index in [4.69, 9.17) is 5.11 Å². The number of rotatable bonds is 2. The molecule has 0 aliphatic carbocycles. The van der Waals surface area contributed by atoms with Crippen LogP contribution in [0, 0.1) is 0 Å². The van der Waals surface area contributed by atoms with Gasteiger partial charge >= 0.3 is 5.97 Å². The Morgan fingerprint density at radius 2 is 2.44 bits per heavy atom. The van der Waals surface area contributed by atoms with Crippen LogP contribution >= 0.6 is 11.3 Å². The Balaban J connectivity index is 2.12. The highest BCUT2D eigenvalue weighted by Gasteiger charge is 2.13. The standard InChI is InChI=1S/C9H6N4O2S/c14-8(15)7-12-13-4-6(11-9(13)16-7)5-1-2-10-3-5/h1-4,10H,(H,14,15). The minimum absolute atomic E-state index is 0.0446. The molecule has 7 heteroatoms. The summed E-state index contributed by atoms with van der Waals surface area (Å²) in [5, 5.41) is 12.7. The summed E-state index contributed by atoms with van der Waals surface area (Å²) in [5.41, 5.74) is 1.73. The quantitative estimate of drug-likeness (QED) is 0.703. The first-order chi connectivity index (χ1) is 7.74. The van der Waals surface area contributed by atoms with Crippen molar-refractivity contribution < 1.29 is 9.90 Å². The summed E-state index contributed by atoms with van der Waals surface area (Å²) in [6, 6.07) is 1.89. The zero-order chi connectivity index (χ0) is 11.1. The number of hydrogen-bond donors (Lipinski definition) is 2. The number of aromatic carboxylic acids is 1. The summed E-state index contributed by atoms with van der Waals surface area (Å²) < 4.78 is 1.48. The predicted molar refractivity (Wildman–Crippen MR) is 57.6 cm³/mol. The van der Waals surface area contributed by atoms with Gasteiger partial charge in [0.05, 0.1) is 11.9 Å². The fourth-order valence-corrected chi connectivity index (χ4v) is 2.13. The molecule has 0 saturated carbocycles. The average Bonchev–Trinajstić information content (AvgIpc) is 2.91. The van der Waals surface area contributed by atoms with Gasteiger partial charge in [-0.2, -0.15) is 0 Å². The highest BCUT2D eigenvalue weighted by atomic mass is 32.1. The molecule has 0 aliphatic heterocycles. The number of nitrogens with one attached hydrogen (secondary N) is 1. The lowest BCUT2D eigenvalue weighted by molar-refractivity contribution is 0.0695. The van der Waals surface area contributed by atoms with Crippen molar-refractivity contribution in [2.24, 2.45) is 0 Å². The van der Waals surface area contributed by atoms with E-state index in [2.05, 4.69) is 15.1 Å². The zero-order valence-corrected chi connectivity index (χ0v) is 8.73. The molecule has 3 rings (SSSR count). The van der Waals surface area contributed by atoms with E-state index >= 15 is 0 Å². The van der Waals surface area contributed by atoms with Crippen LogP contribution in [0.25, 0.3) is 16.2 Å². The lowest BCUT2D eigenvalue weighted by Crippen LogP contribution is -1.95. The summed E-state index contributed by atoms with van der Waals surface area (Å²) in [4.78, 5) is 18.5. The monoisotopic (exact) mass is 234 g/mol. The summed E-state index contributed by atoms with van der Waals surface area (Å²) in [5.74, 6) is -1.03. The highest BCUT2D eigenvalue weighted by Crippen LogP contribution is 2.21. The number of imidazole rings is 1. The van der Waals surface area contributed by atoms with Gasteiger partial charge in [-0.15, -0.1) is 5.10 Å². The van der Waals surface area contributed by atoms with Gasteiger partial charge < -0.3 is 10.1 Å². The van der Waals surface area contributed by atoms with Gasteiger partial charge in [-0.1, -0.05) is 11.3 Å². The normalized spacial score (nSPS) is 11.0. The number of carbonyl (C=O) groups is 1. The first-order valence-electron chi connectivity index (χ1n) is 4.47. The number of nitrogens with zero attached hydrogens (tertiary/aromatic N) is 3. The Hall–Kier alpha value is -2.15. The molecular formula is C9H6N4O2S. The highest BCUT2D eigenvalue weighted by molar-refractivity contribution is 7.18. The maximum Gasteiger partial charge on any atom is 0.367 e. The SMILES string of the molecule is O=C(O)c1nn2cc(-c3cc[nH]c3)nc2s1. The van der Waals surface area contributed by atoms with E-state index in [1.165, 1.54) is 4.52 Å². The van der Waals surface area contributed by atoms with Crippen molar-refractivity contribution in [3.05, 3.63) is 29.7 Å². The number of carboxylic acid groups (broad SMARTS) is 1. The Morgan fingerprint density at radius 1 is 1.56 bits per heavy atom. The van der Waals surface area contributed by atoms with Gasteiger partial charge in [-0.25, -0.2) is 14.3 Å². The minimum atomic E-state index is -1.03. The van der Waals surface area contributed by atoms with E-state index in [1.807, 2.05) is 12.3 Å². The van der Waals surface area contributed by atoms with Crippen molar-refractivity contribution in [2.75, 3.05) is 0 Å². The van der Waals surface area contributed by atoms with Crippen molar-refractivity contribution in [2.45, 2.75) is 0 Å². The first-order valence-corrected chi connectivity index (χ1v) is 5.28. The van der Waals surface area contributed by atoms with Crippen LogP contribution in [-0.2, 0) is 0 Å². The average molecular weight is 234 g/mol. The van der Waals surface area contributed by atoms with Crippen LogP contribution in [0.2, 0.25) is 0 Å². The lowest BCUT2D eigenvalue weighted by atomic mass is 10.3. The molecule has 0 saturated heterocycles. The molecule has 3 aromatic rings. The van der Waals surface area contributed by atoms with Gasteiger partial charge in [0.25, 0.3) is 0 Å². The van der Waals surface area contributed by atoms with E-state index in [0.717, 1.165) is 22.6 Å². The van der Waals surface area contributed by atoms with Gasteiger partial charge in [0.15, 0.2) is 0 Å². The van der Waals surface area contributed by atoms with Crippen LogP contribution in [0.5, 0.6) is 0 Å². The van der Waals surface area contributed by atoms with Crippen LogP contribution in [-0.4, -0.2) is 30.7 Å². The molecule has 0 amide bonds. The number of hydrogen-bond acceptors (Lipinski definition) is 4. The predicted octanol–water partition coefficient (Wildman–Crippen LogP) is 1.48. The summed E-state index contributed by atoms with van der Waals surface area (Å²) >= 11 is 1.05. The fraction of sp³-hybridized carbons (Fsp3) is 0. The third-order valence-electron chi connectivity index (χ3n) is 2.12. The Morgan fingerprint density at radius 3 is 3.06 bits per heavy atom. The Labute approximate surface area is 93.2 Å². The Kier molecular flexibility index (Phi) is 1.80. The van der Waals surface area contributed by atoms with Crippen LogP contribution in [0.3, 0.4) is 0 Å². The minimum Gasteiger partial charge on any atom is -0.476 e. The molecule has 0 aliphatic rings. The number of fused-ring (bicyclic) bond motifs is 1. The van der Waals surface area contributed by atoms with E-state index < -0.39 is 5.97 Å². The second-order valence-electron chi connectivity index (χ2n) is 3.17. The molecule has 3 heterocycles. The molecule has 0 aromatic carbocycles. The van der Waals surface area contributed by atoms with E-state index in [-0.39, 0.29) is 5.01 Å². The Bertz CT molecular complexity index is 621. The maximum absolute atomic E-state index is 10.7. The molecule has 16 heavy (non-hydrogen) atoms. The maximum atomic E-state index is 10.7. The smallest absolute Gasteiger partial charge is 0.367 e. The molecule has 3 aromatic heterocycles. The van der Waals surface area contributed by atoms with E-state index in [9.17, 15) is 4.79 Å². The van der Waals surface area contributed by atoms with Crippen LogP contribution in [0.15, 0.2) is 24.7 Å². The topological polar surface area (TPSA) is 83.3 Å². The number of aromatic amines is 1. The second kappa shape index (κ2) is 3.17. The summed E-state index contributed by atoms with van der Waals surface area (Å²) in [6.45, 7) is 0. The van der Waals surface area contributed by atoms with Crippen LogP contribution in [0.1, 0.15) is 9.80 Å². The van der Waals surface area contributed by atoms with Gasteiger partial charge in [-0.05, 0) is 6.07 Å². The molecule has 0 bridgehead atoms. The number of aromatic nitrogens is 4. The van der Waals surface area contributed by atoms with Gasteiger partial charge in [0.1, 0.15) is 0 Å². The van der Waals surface area contributed by atoms with Crippen molar-refractivity contribution in [1.29, 1.82) is 0 Å². The summed E-state index contributed by atoms with van der Waals surface area (Å²) in [7, 11) is 0. The molecule has 80 valence electrons. The molecule has 0 unspecified atom stereocenters. The second-order valence-corrected chi connectivity index (χ2v) is 4.12. The third kappa shape index (κ3) is 1.29. The van der Waals surface area contributed by atoms with Gasteiger partial charge in [0.2, 0.25) is 9.97 Å². The fourth-order valence-electron chi connectivity index (χ4n) is 1.41. The number of carboxylic acids is 1. The van der Waals surface area contributed by atoms with Crippen molar-refractivity contribution in [3.63, 3.8) is 0 Å². The molecule has 6 nitrogen and oxygen atoms in total. The van der Waals surface area contributed by atoms with E-state index in [0.29, 0.717) is 4.96 Å². The van der Waals surface area contributed by atoms with Crippen molar-refractivity contribution >= 4 is 22.3 Å². The molecular weight excluding hydrogens is 228 g/mol.